The Labute approximate surface area is 124 Å². The van der Waals surface area contributed by atoms with E-state index >= 15 is 0 Å². The Kier molecular flexibility index (Phi) is 5.00. The molecule has 5 heteroatoms. The van der Waals surface area contributed by atoms with Gasteiger partial charge >= 0.3 is 0 Å². The van der Waals surface area contributed by atoms with Crippen LogP contribution in [0, 0.1) is 15.5 Å². The SMILES string of the molecule is CCC1(CNCc2c(Cl)cccc2[N+](=O)[O-])CCCC1. The number of nitrogens with zero attached hydrogens (tertiary/aromatic N) is 1. The van der Waals surface area contributed by atoms with Crippen LogP contribution in [0.5, 0.6) is 0 Å². The van der Waals surface area contributed by atoms with Gasteiger partial charge in [-0.3, -0.25) is 10.1 Å². The zero-order valence-electron chi connectivity index (χ0n) is 11.8. The van der Waals surface area contributed by atoms with Crippen LogP contribution in [0.15, 0.2) is 18.2 Å². The van der Waals surface area contributed by atoms with Crippen molar-refractivity contribution in [1.29, 1.82) is 0 Å². The highest BCUT2D eigenvalue weighted by Crippen LogP contribution is 2.40. The van der Waals surface area contributed by atoms with Crippen molar-refractivity contribution in [3.8, 4) is 0 Å². The zero-order chi connectivity index (χ0) is 14.6. The third-order valence-electron chi connectivity index (χ3n) is 4.51. The summed E-state index contributed by atoms with van der Waals surface area (Å²) in [6, 6.07) is 4.83. The Bertz CT molecular complexity index is 485. The highest BCUT2D eigenvalue weighted by molar-refractivity contribution is 6.31. The van der Waals surface area contributed by atoms with Crippen LogP contribution in [0.3, 0.4) is 0 Å². The average molecular weight is 297 g/mol. The van der Waals surface area contributed by atoms with Crippen LogP contribution < -0.4 is 5.32 Å². The van der Waals surface area contributed by atoms with Gasteiger partial charge in [0.2, 0.25) is 0 Å². The molecular weight excluding hydrogens is 276 g/mol. The van der Waals surface area contributed by atoms with Gasteiger partial charge in [-0.15, -0.1) is 0 Å². The second kappa shape index (κ2) is 6.55. The van der Waals surface area contributed by atoms with E-state index in [1.54, 1.807) is 12.1 Å². The Hall–Kier alpha value is -1.13. The van der Waals surface area contributed by atoms with Crippen molar-refractivity contribution in [2.24, 2.45) is 5.41 Å². The maximum absolute atomic E-state index is 11.0. The largest absolute Gasteiger partial charge is 0.312 e. The van der Waals surface area contributed by atoms with Crippen molar-refractivity contribution >= 4 is 17.3 Å². The molecule has 2 rings (SSSR count). The molecule has 0 radical (unpaired) electrons. The number of benzene rings is 1. The van der Waals surface area contributed by atoms with Gasteiger partial charge in [0.1, 0.15) is 0 Å². The fourth-order valence-electron chi connectivity index (χ4n) is 3.13. The molecule has 1 aliphatic rings. The van der Waals surface area contributed by atoms with Gasteiger partial charge in [-0.2, -0.15) is 0 Å². The Morgan fingerprint density at radius 2 is 2.10 bits per heavy atom. The third-order valence-corrected chi connectivity index (χ3v) is 4.86. The number of nitrogens with one attached hydrogen (secondary N) is 1. The van der Waals surface area contributed by atoms with E-state index < -0.39 is 0 Å². The number of nitro groups is 1. The third kappa shape index (κ3) is 3.30. The molecular formula is C15H21ClN2O2. The minimum Gasteiger partial charge on any atom is -0.312 e. The lowest BCUT2D eigenvalue weighted by atomic mass is 9.83. The molecule has 0 amide bonds. The van der Waals surface area contributed by atoms with Crippen LogP contribution in [-0.2, 0) is 6.54 Å². The molecule has 0 heterocycles. The van der Waals surface area contributed by atoms with Crippen molar-refractivity contribution in [3.63, 3.8) is 0 Å². The number of hydrogen-bond acceptors (Lipinski definition) is 3. The van der Waals surface area contributed by atoms with E-state index in [4.69, 9.17) is 11.6 Å². The highest BCUT2D eigenvalue weighted by Gasteiger charge is 2.31. The van der Waals surface area contributed by atoms with E-state index in [0.29, 0.717) is 22.5 Å². The summed E-state index contributed by atoms with van der Waals surface area (Å²) < 4.78 is 0. The molecule has 110 valence electrons. The van der Waals surface area contributed by atoms with Crippen molar-refractivity contribution in [2.45, 2.75) is 45.6 Å². The number of hydrogen-bond donors (Lipinski definition) is 1. The van der Waals surface area contributed by atoms with Gasteiger partial charge in [-0.1, -0.05) is 37.4 Å². The van der Waals surface area contributed by atoms with Crippen molar-refractivity contribution < 1.29 is 4.92 Å². The van der Waals surface area contributed by atoms with E-state index in [9.17, 15) is 10.1 Å². The number of rotatable bonds is 6. The average Bonchev–Trinajstić information content (AvgIpc) is 2.89. The van der Waals surface area contributed by atoms with Crippen LogP contribution in [0.1, 0.15) is 44.6 Å². The predicted octanol–water partition coefficient (Wildman–Crippen LogP) is 4.31. The van der Waals surface area contributed by atoms with E-state index in [-0.39, 0.29) is 10.6 Å². The molecule has 0 unspecified atom stereocenters. The van der Waals surface area contributed by atoms with E-state index in [1.807, 2.05) is 0 Å². The van der Waals surface area contributed by atoms with Crippen molar-refractivity contribution in [1.82, 2.24) is 5.32 Å². The van der Waals surface area contributed by atoms with Crippen LogP contribution in [0.2, 0.25) is 5.02 Å². The van der Waals surface area contributed by atoms with Crippen molar-refractivity contribution in [2.75, 3.05) is 6.54 Å². The van der Waals surface area contributed by atoms with Gasteiger partial charge in [-0.05, 0) is 30.7 Å². The predicted molar refractivity (Wildman–Crippen MR) is 81.0 cm³/mol. The van der Waals surface area contributed by atoms with Crippen molar-refractivity contribution in [3.05, 3.63) is 38.9 Å². The molecule has 20 heavy (non-hydrogen) atoms. The summed E-state index contributed by atoms with van der Waals surface area (Å²) in [5.41, 5.74) is 1.06. The maximum Gasteiger partial charge on any atom is 0.275 e. The van der Waals surface area contributed by atoms with E-state index in [2.05, 4.69) is 12.2 Å². The van der Waals surface area contributed by atoms with Gasteiger partial charge in [0.05, 0.1) is 15.5 Å². The summed E-state index contributed by atoms with van der Waals surface area (Å²) >= 11 is 6.09. The minimum atomic E-state index is -0.367. The summed E-state index contributed by atoms with van der Waals surface area (Å²) in [5.74, 6) is 0. The van der Waals surface area contributed by atoms with E-state index in [0.717, 1.165) is 13.0 Å². The van der Waals surface area contributed by atoms with Gasteiger partial charge in [0.15, 0.2) is 0 Å². The summed E-state index contributed by atoms with van der Waals surface area (Å²) in [6.07, 6.45) is 6.25. The van der Waals surface area contributed by atoms with Crippen LogP contribution in [0.25, 0.3) is 0 Å². The van der Waals surface area contributed by atoms with Crippen LogP contribution in [0.4, 0.5) is 5.69 Å². The molecule has 0 bridgehead atoms. The molecule has 1 saturated carbocycles. The summed E-state index contributed by atoms with van der Waals surface area (Å²) in [5, 5.41) is 14.9. The molecule has 1 aromatic rings. The lowest BCUT2D eigenvalue weighted by Crippen LogP contribution is -2.31. The Morgan fingerprint density at radius 1 is 1.40 bits per heavy atom. The first-order valence-electron chi connectivity index (χ1n) is 7.20. The summed E-state index contributed by atoms with van der Waals surface area (Å²) in [4.78, 5) is 10.7. The Morgan fingerprint density at radius 3 is 2.70 bits per heavy atom. The molecule has 0 aliphatic heterocycles. The van der Waals surface area contributed by atoms with Gasteiger partial charge in [0.25, 0.3) is 5.69 Å². The molecule has 0 saturated heterocycles. The number of halogens is 1. The first-order valence-corrected chi connectivity index (χ1v) is 7.58. The second-order valence-corrected chi connectivity index (χ2v) is 6.07. The smallest absolute Gasteiger partial charge is 0.275 e. The summed E-state index contributed by atoms with van der Waals surface area (Å²) in [6.45, 7) is 3.59. The maximum atomic E-state index is 11.0. The van der Waals surface area contributed by atoms with Gasteiger partial charge in [0, 0.05) is 19.2 Å². The van der Waals surface area contributed by atoms with E-state index in [1.165, 1.54) is 31.7 Å². The topological polar surface area (TPSA) is 55.2 Å². The Balaban J connectivity index is 2.02. The second-order valence-electron chi connectivity index (χ2n) is 5.66. The molecule has 1 fully saturated rings. The molecule has 4 nitrogen and oxygen atoms in total. The zero-order valence-corrected chi connectivity index (χ0v) is 12.6. The fraction of sp³-hybridized carbons (Fsp3) is 0.600. The van der Waals surface area contributed by atoms with Crippen LogP contribution in [-0.4, -0.2) is 11.5 Å². The summed E-state index contributed by atoms with van der Waals surface area (Å²) in [7, 11) is 0. The standard InChI is InChI=1S/C15H21ClN2O2/c1-2-15(8-3-4-9-15)11-17-10-12-13(16)6-5-7-14(12)18(19)20/h5-7,17H,2-4,8-11H2,1H3. The quantitative estimate of drug-likeness (QED) is 0.628. The molecule has 0 aromatic heterocycles. The fourth-order valence-corrected chi connectivity index (χ4v) is 3.36. The lowest BCUT2D eigenvalue weighted by Gasteiger charge is -2.27. The molecule has 0 atom stereocenters. The monoisotopic (exact) mass is 296 g/mol. The van der Waals surface area contributed by atoms with Gasteiger partial charge < -0.3 is 5.32 Å². The van der Waals surface area contributed by atoms with Crippen LogP contribution >= 0.6 is 11.6 Å². The minimum absolute atomic E-state index is 0.0990. The first kappa shape index (κ1) is 15.3. The molecule has 1 aliphatic carbocycles. The van der Waals surface area contributed by atoms with Gasteiger partial charge in [-0.25, -0.2) is 0 Å². The molecule has 1 N–H and O–H groups in total. The number of nitro benzene ring substituents is 1. The normalized spacial score (nSPS) is 17.3. The lowest BCUT2D eigenvalue weighted by molar-refractivity contribution is -0.385. The molecule has 0 spiro atoms. The molecule has 1 aromatic carbocycles. The highest BCUT2D eigenvalue weighted by atomic mass is 35.5. The first-order chi connectivity index (χ1) is 9.58.